The minimum Gasteiger partial charge on any atom is -0.308 e. The predicted molar refractivity (Wildman–Crippen MR) is 197 cm³/mol. The minimum absolute atomic E-state index is 0.338. The molecular formula is C44H26N4O2. The first-order valence-corrected chi connectivity index (χ1v) is 16.3. The van der Waals surface area contributed by atoms with Gasteiger partial charge in [0.1, 0.15) is 6.07 Å². The van der Waals surface area contributed by atoms with E-state index in [1.807, 2.05) is 127 Å². The highest BCUT2D eigenvalue weighted by Crippen LogP contribution is 2.43. The van der Waals surface area contributed by atoms with Gasteiger partial charge in [-0.1, -0.05) is 109 Å². The van der Waals surface area contributed by atoms with Gasteiger partial charge >= 0.3 is 0 Å². The third-order valence-electron chi connectivity index (χ3n) is 9.44. The zero-order chi connectivity index (χ0) is 33.8. The Bertz CT molecular complexity index is 2710. The molecule has 6 aromatic carbocycles. The summed E-state index contributed by atoms with van der Waals surface area (Å²) < 4.78 is 2.07. The zero-order valence-corrected chi connectivity index (χ0v) is 26.6. The van der Waals surface area contributed by atoms with E-state index in [1.165, 1.54) is 11.1 Å². The number of benzene rings is 6. The van der Waals surface area contributed by atoms with E-state index in [0.29, 0.717) is 28.1 Å². The summed E-state index contributed by atoms with van der Waals surface area (Å²) in [5.74, 6) is -0.759. The van der Waals surface area contributed by atoms with Gasteiger partial charge in [-0.2, -0.15) is 5.26 Å². The average molecular weight is 643 g/mol. The Hall–Kier alpha value is -7.10. The van der Waals surface area contributed by atoms with E-state index in [1.54, 1.807) is 12.3 Å². The molecule has 8 aromatic rings. The number of carbonyl (C=O) groups is 2. The fraction of sp³-hybridized carbons (Fsp3) is 0. The van der Waals surface area contributed by atoms with Crippen LogP contribution >= 0.6 is 0 Å². The molecule has 234 valence electrons. The number of anilines is 1. The highest BCUT2D eigenvalue weighted by molar-refractivity contribution is 6.36. The maximum atomic E-state index is 14.8. The van der Waals surface area contributed by atoms with E-state index in [2.05, 4.69) is 27.8 Å². The van der Waals surface area contributed by atoms with Crippen molar-refractivity contribution in [1.82, 2.24) is 9.55 Å². The number of nitrogens with zero attached hydrogens (tertiary/aromatic N) is 4. The molecule has 2 aromatic heterocycles. The molecule has 1 aliphatic heterocycles. The van der Waals surface area contributed by atoms with Gasteiger partial charge in [0.2, 0.25) is 0 Å². The summed E-state index contributed by atoms with van der Waals surface area (Å²) in [5.41, 5.74) is 9.36. The van der Waals surface area contributed by atoms with Crippen LogP contribution in [0.3, 0.4) is 0 Å². The topological polar surface area (TPSA) is 79.0 Å². The molecule has 0 spiro atoms. The second kappa shape index (κ2) is 11.6. The van der Waals surface area contributed by atoms with E-state index >= 15 is 0 Å². The van der Waals surface area contributed by atoms with E-state index in [-0.39, 0.29) is 11.8 Å². The number of amides is 2. The standard InChI is InChI=1S/C44H26N4O2/c45-25-28-23-32(27-46-26-28)33-16-9-17-35-34-15-7-8-19-38(34)47(42(33)35)40-20-10-18-36-41(40)44(50)48(43(36)49)39-22-21-31(29-11-3-1-4-12-29)24-37(39)30-13-5-2-6-14-30/h1-24,26-27H. The van der Waals surface area contributed by atoms with Crippen LogP contribution < -0.4 is 4.90 Å². The monoisotopic (exact) mass is 642 g/mol. The number of carbonyl (C=O) groups excluding carboxylic acids is 2. The minimum atomic E-state index is -0.387. The van der Waals surface area contributed by atoms with Gasteiger partial charge in [0.15, 0.2) is 0 Å². The van der Waals surface area contributed by atoms with Crippen molar-refractivity contribution in [3.63, 3.8) is 0 Å². The average Bonchev–Trinajstić information content (AvgIpc) is 3.66. The Morgan fingerprint density at radius 1 is 0.520 bits per heavy atom. The number of hydrogen-bond donors (Lipinski definition) is 0. The van der Waals surface area contributed by atoms with E-state index in [9.17, 15) is 14.9 Å². The van der Waals surface area contributed by atoms with E-state index < -0.39 is 0 Å². The third-order valence-corrected chi connectivity index (χ3v) is 9.44. The van der Waals surface area contributed by atoms with Gasteiger partial charge in [-0.15, -0.1) is 0 Å². The smallest absolute Gasteiger partial charge is 0.268 e. The predicted octanol–water partition coefficient (Wildman–Crippen LogP) is 9.85. The number of rotatable bonds is 5. The van der Waals surface area contributed by atoms with Crippen molar-refractivity contribution in [3.05, 3.63) is 175 Å². The number of aromatic nitrogens is 2. The Kier molecular flexibility index (Phi) is 6.72. The molecule has 2 amide bonds. The summed E-state index contributed by atoms with van der Waals surface area (Å²) in [6.45, 7) is 0. The van der Waals surface area contributed by atoms with Crippen LogP contribution in [0.5, 0.6) is 0 Å². The van der Waals surface area contributed by atoms with Gasteiger partial charge in [0, 0.05) is 39.9 Å². The maximum absolute atomic E-state index is 14.8. The molecule has 0 aliphatic carbocycles. The van der Waals surface area contributed by atoms with Gasteiger partial charge < -0.3 is 4.57 Å². The summed E-state index contributed by atoms with van der Waals surface area (Å²) in [4.78, 5) is 34.9. The second-order valence-corrected chi connectivity index (χ2v) is 12.2. The Morgan fingerprint density at radius 3 is 2.02 bits per heavy atom. The van der Waals surface area contributed by atoms with Gasteiger partial charge in [0.05, 0.1) is 39.1 Å². The largest absolute Gasteiger partial charge is 0.308 e. The van der Waals surface area contributed by atoms with Crippen molar-refractivity contribution in [2.45, 2.75) is 0 Å². The first kappa shape index (κ1) is 29.1. The fourth-order valence-corrected chi connectivity index (χ4v) is 7.21. The van der Waals surface area contributed by atoms with Crippen molar-refractivity contribution in [2.24, 2.45) is 0 Å². The fourth-order valence-electron chi connectivity index (χ4n) is 7.21. The van der Waals surface area contributed by atoms with Gasteiger partial charge in [0.25, 0.3) is 11.8 Å². The summed E-state index contributed by atoms with van der Waals surface area (Å²) in [5, 5.41) is 11.6. The molecule has 0 saturated heterocycles. The van der Waals surface area contributed by atoms with Crippen LogP contribution in [0, 0.1) is 11.3 Å². The van der Waals surface area contributed by atoms with Crippen LogP contribution in [0.1, 0.15) is 26.3 Å². The van der Waals surface area contributed by atoms with Crippen LogP contribution in [0.4, 0.5) is 5.69 Å². The number of imide groups is 1. The molecule has 0 radical (unpaired) electrons. The molecule has 0 N–H and O–H groups in total. The maximum Gasteiger partial charge on any atom is 0.268 e. The number of fused-ring (bicyclic) bond motifs is 4. The van der Waals surface area contributed by atoms with E-state index in [0.717, 1.165) is 55.2 Å². The van der Waals surface area contributed by atoms with Crippen molar-refractivity contribution in [1.29, 1.82) is 5.26 Å². The normalized spacial score (nSPS) is 12.4. The molecule has 0 fully saturated rings. The van der Waals surface area contributed by atoms with Gasteiger partial charge in [-0.05, 0) is 53.1 Å². The molecule has 6 heteroatoms. The van der Waals surface area contributed by atoms with Crippen LogP contribution in [0.15, 0.2) is 158 Å². The van der Waals surface area contributed by atoms with Gasteiger partial charge in [-0.3, -0.25) is 14.6 Å². The Labute approximate surface area is 287 Å². The molecule has 0 atom stereocenters. The SMILES string of the molecule is N#Cc1cncc(-c2cccc3c4ccccc4n(-c4cccc5c4C(=O)N(c4ccc(-c6ccccc6)cc4-c4ccccc4)C5=O)c23)c1. The number of hydrogen-bond acceptors (Lipinski definition) is 4. The van der Waals surface area contributed by atoms with Crippen LogP contribution in [-0.4, -0.2) is 21.4 Å². The molecule has 3 heterocycles. The number of pyridine rings is 1. The molecule has 9 rings (SSSR count). The lowest BCUT2D eigenvalue weighted by molar-refractivity contribution is 0.0926. The van der Waals surface area contributed by atoms with E-state index in [4.69, 9.17) is 0 Å². The first-order chi connectivity index (χ1) is 24.6. The van der Waals surface area contributed by atoms with Crippen LogP contribution in [0.2, 0.25) is 0 Å². The summed E-state index contributed by atoms with van der Waals surface area (Å²) in [6.07, 6.45) is 3.28. The van der Waals surface area contributed by atoms with Crippen LogP contribution in [0.25, 0.3) is 60.9 Å². The molecule has 6 nitrogen and oxygen atoms in total. The Morgan fingerprint density at radius 2 is 1.22 bits per heavy atom. The zero-order valence-electron chi connectivity index (χ0n) is 26.6. The quantitative estimate of drug-likeness (QED) is 0.175. The molecule has 0 saturated carbocycles. The molecular weight excluding hydrogens is 617 g/mol. The molecule has 1 aliphatic rings. The third kappa shape index (κ3) is 4.45. The Balaban J connectivity index is 1.27. The molecule has 0 bridgehead atoms. The van der Waals surface area contributed by atoms with Crippen molar-refractivity contribution in [2.75, 3.05) is 4.90 Å². The van der Waals surface area contributed by atoms with Gasteiger partial charge in [-0.25, -0.2) is 4.90 Å². The summed E-state index contributed by atoms with van der Waals surface area (Å²) in [7, 11) is 0. The lowest BCUT2D eigenvalue weighted by Gasteiger charge is -2.20. The molecule has 0 unspecified atom stereocenters. The lowest BCUT2D eigenvalue weighted by Crippen LogP contribution is -2.30. The second-order valence-electron chi connectivity index (χ2n) is 12.2. The summed E-state index contributed by atoms with van der Waals surface area (Å²) in [6, 6.07) is 49.4. The van der Waals surface area contributed by atoms with Crippen LogP contribution in [-0.2, 0) is 0 Å². The highest BCUT2D eigenvalue weighted by Gasteiger charge is 2.40. The lowest BCUT2D eigenvalue weighted by atomic mass is 9.97. The number of nitriles is 1. The molecule has 50 heavy (non-hydrogen) atoms. The number of para-hydroxylation sites is 2. The highest BCUT2D eigenvalue weighted by atomic mass is 16.2. The summed E-state index contributed by atoms with van der Waals surface area (Å²) >= 11 is 0. The van der Waals surface area contributed by atoms with Crippen molar-refractivity contribution < 1.29 is 9.59 Å². The van der Waals surface area contributed by atoms with Crippen molar-refractivity contribution >= 4 is 39.3 Å². The van der Waals surface area contributed by atoms with Crippen molar-refractivity contribution in [3.8, 4) is 45.1 Å². The first-order valence-electron chi connectivity index (χ1n) is 16.3.